The molecule has 0 rings (SSSR count). The Morgan fingerprint density at radius 2 is 1.19 bits per heavy atom. The lowest BCUT2D eigenvalue weighted by atomic mass is 10.0. The molecule has 0 aliphatic heterocycles. The predicted octanol–water partition coefficient (Wildman–Crippen LogP) is 4.06. The van der Waals surface area contributed by atoms with Crippen molar-refractivity contribution in [3.05, 3.63) is 0 Å². The SMILES string of the molecule is CCCCCCCCCCCCCC(=O)[N+](C)(C)C(N)CC.O=P(O)(O)O. The van der Waals surface area contributed by atoms with Gasteiger partial charge in [0.15, 0.2) is 0 Å². The van der Waals surface area contributed by atoms with E-state index in [-0.39, 0.29) is 12.1 Å². The van der Waals surface area contributed by atoms with Crippen molar-refractivity contribution >= 4 is 13.7 Å². The van der Waals surface area contributed by atoms with Gasteiger partial charge in [0.1, 0.15) is 6.17 Å². The molecular formula is C19H44N2O5P+. The van der Waals surface area contributed by atoms with Gasteiger partial charge in [-0.3, -0.25) is 10.2 Å². The van der Waals surface area contributed by atoms with Crippen LogP contribution in [0.15, 0.2) is 0 Å². The average Bonchev–Trinajstić information content (AvgIpc) is 2.57. The Kier molecular flexibility index (Phi) is 17.8. The van der Waals surface area contributed by atoms with E-state index in [1.54, 1.807) is 0 Å². The number of amides is 1. The van der Waals surface area contributed by atoms with Crippen molar-refractivity contribution in [3.8, 4) is 0 Å². The highest BCUT2D eigenvalue weighted by Crippen LogP contribution is 2.25. The van der Waals surface area contributed by atoms with E-state index in [1.807, 2.05) is 21.0 Å². The van der Waals surface area contributed by atoms with Crippen molar-refractivity contribution in [3.63, 3.8) is 0 Å². The zero-order valence-electron chi connectivity index (χ0n) is 17.9. The highest BCUT2D eigenvalue weighted by atomic mass is 31.2. The summed E-state index contributed by atoms with van der Waals surface area (Å²) in [6.45, 7) is 4.31. The molecule has 27 heavy (non-hydrogen) atoms. The Labute approximate surface area is 166 Å². The van der Waals surface area contributed by atoms with Crippen LogP contribution in [0.4, 0.5) is 0 Å². The van der Waals surface area contributed by atoms with Gasteiger partial charge in [-0.25, -0.2) is 9.36 Å². The summed E-state index contributed by atoms with van der Waals surface area (Å²) in [5.74, 6) is 0.283. The van der Waals surface area contributed by atoms with E-state index in [9.17, 15) is 4.79 Å². The molecule has 0 radical (unpaired) electrons. The van der Waals surface area contributed by atoms with Crippen molar-refractivity contribution in [2.45, 2.75) is 103 Å². The lowest BCUT2D eigenvalue weighted by molar-refractivity contribution is -0.841. The number of nitrogens with two attached hydrogens (primary N) is 1. The maximum atomic E-state index is 12.2. The number of nitrogens with zero attached hydrogens (tertiary/aromatic N) is 1. The first kappa shape index (κ1) is 28.9. The summed E-state index contributed by atoms with van der Waals surface area (Å²) in [6.07, 6.45) is 16.0. The van der Waals surface area contributed by atoms with Gasteiger partial charge in [0, 0.05) is 6.42 Å². The van der Waals surface area contributed by atoms with Crippen LogP contribution in [0.1, 0.15) is 97.3 Å². The Bertz CT molecular complexity index is 405. The van der Waals surface area contributed by atoms with Crippen LogP contribution in [0.5, 0.6) is 0 Å². The molecule has 0 aromatic rings. The molecule has 5 N–H and O–H groups in total. The lowest BCUT2D eigenvalue weighted by Crippen LogP contribution is -2.57. The minimum atomic E-state index is -4.64. The summed E-state index contributed by atoms with van der Waals surface area (Å²) in [7, 11) is -0.760. The van der Waals surface area contributed by atoms with E-state index in [0.717, 1.165) is 12.8 Å². The van der Waals surface area contributed by atoms with Gasteiger partial charge in [-0.05, 0) is 6.42 Å². The van der Waals surface area contributed by atoms with Gasteiger partial charge < -0.3 is 14.7 Å². The fraction of sp³-hybridized carbons (Fsp3) is 0.947. The smallest absolute Gasteiger partial charge is 0.303 e. The second kappa shape index (κ2) is 16.6. The third-order valence-corrected chi connectivity index (χ3v) is 4.88. The van der Waals surface area contributed by atoms with E-state index < -0.39 is 7.82 Å². The highest BCUT2D eigenvalue weighted by Gasteiger charge is 2.31. The lowest BCUT2D eigenvalue weighted by Gasteiger charge is -2.32. The number of carbonyl (C=O) groups is 1. The molecule has 0 aromatic heterocycles. The first-order chi connectivity index (χ1) is 12.5. The third kappa shape index (κ3) is 20.2. The molecule has 1 atom stereocenters. The molecule has 7 nitrogen and oxygen atoms in total. The summed E-state index contributed by atoms with van der Waals surface area (Å²) >= 11 is 0. The first-order valence-electron chi connectivity index (χ1n) is 10.4. The molecule has 0 heterocycles. The van der Waals surface area contributed by atoms with Gasteiger partial charge in [0.25, 0.3) is 0 Å². The van der Waals surface area contributed by atoms with Gasteiger partial charge in [-0.1, -0.05) is 78.1 Å². The highest BCUT2D eigenvalue weighted by molar-refractivity contribution is 7.45. The molecule has 1 amide bonds. The summed E-state index contributed by atoms with van der Waals surface area (Å²) in [5, 5.41) is 0. The average molecular weight is 412 g/mol. The van der Waals surface area contributed by atoms with Crippen molar-refractivity contribution in [2.24, 2.45) is 5.73 Å². The van der Waals surface area contributed by atoms with Crippen molar-refractivity contribution in [1.82, 2.24) is 0 Å². The number of unbranched alkanes of at least 4 members (excludes halogenated alkanes) is 10. The number of rotatable bonds is 14. The Morgan fingerprint density at radius 1 is 0.852 bits per heavy atom. The van der Waals surface area contributed by atoms with Gasteiger partial charge in [0.05, 0.1) is 20.5 Å². The molecule has 0 fully saturated rings. The van der Waals surface area contributed by atoms with E-state index in [2.05, 4.69) is 6.92 Å². The minimum Gasteiger partial charge on any atom is -0.303 e. The molecule has 0 aliphatic rings. The van der Waals surface area contributed by atoms with Crippen molar-refractivity contribution < 1.29 is 28.5 Å². The van der Waals surface area contributed by atoms with Crippen LogP contribution in [0, 0.1) is 0 Å². The van der Waals surface area contributed by atoms with Gasteiger partial charge in [-0.15, -0.1) is 0 Å². The Morgan fingerprint density at radius 3 is 1.52 bits per heavy atom. The quantitative estimate of drug-likeness (QED) is 0.148. The summed E-state index contributed by atoms with van der Waals surface area (Å²) in [5.41, 5.74) is 6.03. The fourth-order valence-corrected chi connectivity index (χ4v) is 2.87. The molecule has 164 valence electrons. The second-order valence-electron chi connectivity index (χ2n) is 7.71. The number of carbonyl (C=O) groups excluding carboxylic acids is 1. The van der Waals surface area contributed by atoms with Crippen molar-refractivity contribution in [2.75, 3.05) is 14.1 Å². The Balaban J connectivity index is 0. The van der Waals surface area contributed by atoms with Gasteiger partial charge >= 0.3 is 13.7 Å². The predicted molar refractivity (Wildman–Crippen MR) is 111 cm³/mol. The van der Waals surface area contributed by atoms with E-state index in [1.165, 1.54) is 64.2 Å². The maximum Gasteiger partial charge on any atom is 0.466 e. The molecule has 0 bridgehead atoms. The monoisotopic (exact) mass is 411 g/mol. The summed E-state index contributed by atoms with van der Waals surface area (Å²) in [6, 6.07) is 0. The maximum absolute atomic E-state index is 12.2. The standard InChI is InChI=1S/C19H41N2O.H3O4P/c1-5-7-8-9-10-11-12-13-14-15-16-17-19(22)21(3,4)18(20)6-2;1-5(2,3)4/h18H,5-17,20H2,1-4H3;(H3,1,2,3,4)/q+1;. The van der Waals surface area contributed by atoms with E-state index >= 15 is 0 Å². The van der Waals surface area contributed by atoms with Crippen molar-refractivity contribution in [1.29, 1.82) is 0 Å². The Hall–Kier alpha value is -0.300. The number of phosphoric acid groups is 1. The normalized spacial score (nSPS) is 13.0. The second-order valence-corrected chi connectivity index (χ2v) is 8.73. The zero-order valence-corrected chi connectivity index (χ0v) is 18.8. The largest absolute Gasteiger partial charge is 0.466 e. The molecular weight excluding hydrogens is 367 g/mol. The van der Waals surface area contributed by atoms with Crippen LogP contribution in [0.25, 0.3) is 0 Å². The molecule has 0 spiro atoms. The number of hydrogen-bond acceptors (Lipinski definition) is 3. The zero-order chi connectivity index (χ0) is 21.3. The van der Waals surface area contributed by atoms with E-state index in [4.69, 9.17) is 25.0 Å². The van der Waals surface area contributed by atoms with Crippen LogP contribution in [0.2, 0.25) is 0 Å². The molecule has 8 heteroatoms. The van der Waals surface area contributed by atoms with Crippen LogP contribution in [-0.4, -0.2) is 45.3 Å². The molecule has 1 unspecified atom stereocenters. The molecule has 0 aliphatic carbocycles. The van der Waals surface area contributed by atoms with E-state index in [0.29, 0.717) is 10.9 Å². The minimum absolute atomic E-state index is 0.0693. The molecule has 0 saturated carbocycles. The third-order valence-electron chi connectivity index (χ3n) is 4.88. The van der Waals surface area contributed by atoms with Gasteiger partial charge in [0.2, 0.25) is 0 Å². The van der Waals surface area contributed by atoms with Crippen LogP contribution < -0.4 is 5.73 Å². The number of quaternary nitrogens is 1. The number of hydrogen-bond donors (Lipinski definition) is 4. The van der Waals surface area contributed by atoms with Crippen LogP contribution >= 0.6 is 7.82 Å². The molecule has 0 aromatic carbocycles. The van der Waals surface area contributed by atoms with Crippen LogP contribution in [-0.2, 0) is 9.36 Å². The summed E-state index contributed by atoms with van der Waals surface area (Å²) < 4.78 is 9.21. The topological polar surface area (TPSA) is 121 Å². The molecule has 0 saturated heterocycles. The fourth-order valence-electron chi connectivity index (χ4n) is 2.87. The summed E-state index contributed by atoms with van der Waals surface area (Å²) in [4.78, 5) is 33.8. The van der Waals surface area contributed by atoms with Gasteiger partial charge in [-0.2, -0.15) is 0 Å². The first-order valence-corrected chi connectivity index (χ1v) is 11.9. The van der Waals surface area contributed by atoms with Crippen LogP contribution in [0.3, 0.4) is 0 Å².